The van der Waals surface area contributed by atoms with E-state index >= 15 is 0 Å². The molecule has 1 saturated heterocycles. The highest BCUT2D eigenvalue weighted by Crippen LogP contribution is 2.22. The zero-order chi connectivity index (χ0) is 15.4. The van der Waals surface area contributed by atoms with E-state index in [0.717, 1.165) is 36.1 Å². The number of aromatic nitrogens is 2. The molecule has 2 N–H and O–H groups in total. The van der Waals surface area contributed by atoms with Crippen molar-refractivity contribution in [2.24, 2.45) is 0 Å². The molecule has 0 bridgehead atoms. The van der Waals surface area contributed by atoms with Crippen LogP contribution in [-0.2, 0) is 4.79 Å². The molecule has 0 radical (unpaired) electrons. The van der Waals surface area contributed by atoms with Crippen molar-refractivity contribution < 1.29 is 4.79 Å². The minimum Gasteiger partial charge on any atom is -0.356 e. The number of carbonyl (C=O) groups is 1. The van der Waals surface area contributed by atoms with Crippen molar-refractivity contribution in [2.75, 3.05) is 28.6 Å². The van der Waals surface area contributed by atoms with Gasteiger partial charge in [0, 0.05) is 37.5 Å². The lowest BCUT2D eigenvalue weighted by molar-refractivity contribution is -0.114. The molecule has 0 aliphatic carbocycles. The summed E-state index contributed by atoms with van der Waals surface area (Å²) in [5, 5.41) is 6.00. The molecule has 6 nitrogen and oxygen atoms in total. The Morgan fingerprint density at radius 1 is 1.09 bits per heavy atom. The third-order valence-electron chi connectivity index (χ3n) is 3.56. The van der Waals surface area contributed by atoms with Gasteiger partial charge in [-0.25, -0.2) is 9.97 Å². The van der Waals surface area contributed by atoms with Gasteiger partial charge in [0.1, 0.15) is 18.0 Å². The number of carbonyl (C=O) groups excluding carboxylic acids is 1. The maximum Gasteiger partial charge on any atom is 0.221 e. The highest BCUT2D eigenvalue weighted by molar-refractivity contribution is 5.88. The molecular formula is C16H19N5O. The lowest BCUT2D eigenvalue weighted by Gasteiger charge is -2.16. The van der Waals surface area contributed by atoms with E-state index in [-0.39, 0.29) is 5.91 Å². The summed E-state index contributed by atoms with van der Waals surface area (Å²) in [4.78, 5) is 21.9. The molecule has 114 valence electrons. The number of anilines is 4. The molecule has 2 heterocycles. The van der Waals surface area contributed by atoms with Crippen LogP contribution in [0.25, 0.3) is 0 Å². The van der Waals surface area contributed by atoms with Gasteiger partial charge in [-0.15, -0.1) is 0 Å². The third kappa shape index (κ3) is 3.52. The van der Waals surface area contributed by atoms with Gasteiger partial charge in [-0.05, 0) is 37.1 Å². The average Bonchev–Trinajstić information content (AvgIpc) is 3.03. The Bertz CT molecular complexity index is 650. The molecule has 22 heavy (non-hydrogen) atoms. The fourth-order valence-corrected chi connectivity index (χ4v) is 2.52. The molecule has 0 atom stereocenters. The van der Waals surface area contributed by atoms with E-state index in [9.17, 15) is 4.79 Å². The minimum atomic E-state index is -0.0771. The van der Waals surface area contributed by atoms with Crippen LogP contribution < -0.4 is 15.5 Å². The summed E-state index contributed by atoms with van der Waals surface area (Å²) >= 11 is 0. The summed E-state index contributed by atoms with van der Waals surface area (Å²) in [6.07, 6.45) is 4.02. The Labute approximate surface area is 129 Å². The highest BCUT2D eigenvalue weighted by atomic mass is 16.1. The van der Waals surface area contributed by atoms with Crippen LogP contribution in [0.15, 0.2) is 36.7 Å². The standard InChI is InChI=1S/C16H19N5O/c1-12(22)19-13-4-6-14(7-5-13)20-15-10-16(18-11-17-15)21-8-2-3-9-21/h4-7,10-11H,2-3,8-9H2,1H3,(H,19,22)(H,17,18,20). The van der Waals surface area contributed by atoms with E-state index in [1.54, 1.807) is 6.33 Å². The van der Waals surface area contributed by atoms with E-state index in [1.165, 1.54) is 19.8 Å². The van der Waals surface area contributed by atoms with Crippen LogP contribution in [-0.4, -0.2) is 29.0 Å². The summed E-state index contributed by atoms with van der Waals surface area (Å²) in [6, 6.07) is 9.48. The first-order valence-electron chi connectivity index (χ1n) is 7.42. The van der Waals surface area contributed by atoms with Crippen molar-refractivity contribution in [1.29, 1.82) is 0 Å². The molecule has 6 heteroatoms. The Morgan fingerprint density at radius 3 is 2.45 bits per heavy atom. The second kappa shape index (κ2) is 6.43. The Hall–Kier alpha value is -2.63. The molecule has 0 saturated carbocycles. The zero-order valence-corrected chi connectivity index (χ0v) is 12.5. The second-order valence-corrected chi connectivity index (χ2v) is 5.34. The summed E-state index contributed by atoms with van der Waals surface area (Å²) in [5.41, 5.74) is 1.69. The molecule has 1 fully saturated rings. The van der Waals surface area contributed by atoms with Crippen LogP contribution in [0.3, 0.4) is 0 Å². The van der Waals surface area contributed by atoms with Gasteiger partial charge in [0.05, 0.1) is 0 Å². The lowest BCUT2D eigenvalue weighted by Crippen LogP contribution is -2.19. The summed E-state index contributed by atoms with van der Waals surface area (Å²) in [5.74, 6) is 1.65. The van der Waals surface area contributed by atoms with Gasteiger partial charge in [-0.3, -0.25) is 4.79 Å². The van der Waals surface area contributed by atoms with E-state index in [0.29, 0.717) is 0 Å². The van der Waals surface area contributed by atoms with Crippen molar-refractivity contribution in [3.63, 3.8) is 0 Å². The van der Waals surface area contributed by atoms with Crippen LogP contribution in [0, 0.1) is 0 Å². The van der Waals surface area contributed by atoms with Crippen LogP contribution in [0.4, 0.5) is 23.0 Å². The van der Waals surface area contributed by atoms with E-state index < -0.39 is 0 Å². The Kier molecular flexibility index (Phi) is 4.18. The fraction of sp³-hybridized carbons (Fsp3) is 0.312. The van der Waals surface area contributed by atoms with Crippen molar-refractivity contribution >= 4 is 28.9 Å². The number of nitrogens with zero attached hydrogens (tertiary/aromatic N) is 3. The quantitative estimate of drug-likeness (QED) is 0.908. The fourth-order valence-electron chi connectivity index (χ4n) is 2.52. The molecule has 2 aromatic rings. The largest absolute Gasteiger partial charge is 0.356 e. The smallest absolute Gasteiger partial charge is 0.221 e. The predicted molar refractivity (Wildman–Crippen MR) is 87.5 cm³/mol. The van der Waals surface area contributed by atoms with E-state index in [4.69, 9.17) is 0 Å². The SMILES string of the molecule is CC(=O)Nc1ccc(Nc2cc(N3CCCC3)ncn2)cc1. The number of amides is 1. The van der Waals surface area contributed by atoms with Crippen LogP contribution >= 0.6 is 0 Å². The normalized spacial score (nSPS) is 14.0. The van der Waals surface area contributed by atoms with Gasteiger partial charge < -0.3 is 15.5 Å². The summed E-state index contributed by atoms with van der Waals surface area (Å²) in [7, 11) is 0. The van der Waals surface area contributed by atoms with Gasteiger partial charge in [-0.2, -0.15) is 0 Å². The predicted octanol–water partition coefficient (Wildman–Crippen LogP) is 2.78. The second-order valence-electron chi connectivity index (χ2n) is 5.34. The first-order chi connectivity index (χ1) is 10.7. The maximum atomic E-state index is 11.0. The van der Waals surface area contributed by atoms with Crippen LogP contribution in [0.2, 0.25) is 0 Å². The molecular weight excluding hydrogens is 278 g/mol. The minimum absolute atomic E-state index is 0.0771. The first kappa shape index (κ1) is 14.3. The number of hydrogen-bond acceptors (Lipinski definition) is 5. The monoisotopic (exact) mass is 297 g/mol. The van der Waals surface area contributed by atoms with Crippen molar-refractivity contribution in [1.82, 2.24) is 9.97 Å². The highest BCUT2D eigenvalue weighted by Gasteiger charge is 2.13. The molecule has 1 aliphatic rings. The van der Waals surface area contributed by atoms with Crippen LogP contribution in [0.5, 0.6) is 0 Å². The van der Waals surface area contributed by atoms with E-state index in [1.807, 2.05) is 30.3 Å². The number of benzene rings is 1. The Balaban J connectivity index is 1.69. The molecule has 1 aromatic carbocycles. The molecule has 1 aromatic heterocycles. The molecule has 0 unspecified atom stereocenters. The maximum absolute atomic E-state index is 11.0. The average molecular weight is 297 g/mol. The van der Waals surface area contributed by atoms with E-state index in [2.05, 4.69) is 25.5 Å². The molecule has 0 spiro atoms. The van der Waals surface area contributed by atoms with Crippen molar-refractivity contribution in [2.45, 2.75) is 19.8 Å². The molecule has 1 aliphatic heterocycles. The number of hydrogen-bond donors (Lipinski definition) is 2. The van der Waals surface area contributed by atoms with Gasteiger partial charge >= 0.3 is 0 Å². The number of nitrogens with one attached hydrogen (secondary N) is 2. The topological polar surface area (TPSA) is 70.2 Å². The van der Waals surface area contributed by atoms with Crippen LogP contribution in [0.1, 0.15) is 19.8 Å². The van der Waals surface area contributed by atoms with Crippen molar-refractivity contribution in [3.8, 4) is 0 Å². The van der Waals surface area contributed by atoms with Gasteiger partial charge in [0.25, 0.3) is 0 Å². The van der Waals surface area contributed by atoms with Gasteiger partial charge in [-0.1, -0.05) is 0 Å². The summed E-state index contributed by atoms with van der Waals surface area (Å²) < 4.78 is 0. The van der Waals surface area contributed by atoms with Gasteiger partial charge in [0.15, 0.2) is 0 Å². The van der Waals surface area contributed by atoms with Crippen molar-refractivity contribution in [3.05, 3.63) is 36.7 Å². The summed E-state index contributed by atoms with van der Waals surface area (Å²) in [6.45, 7) is 3.61. The third-order valence-corrected chi connectivity index (χ3v) is 3.56. The first-order valence-corrected chi connectivity index (χ1v) is 7.42. The van der Waals surface area contributed by atoms with Gasteiger partial charge in [0.2, 0.25) is 5.91 Å². The zero-order valence-electron chi connectivity index (χ0n) is 12.5. The lowest BCUT2D eigenvalue weighted by atomic mass is 10.2. The molecule has 3 rings (SSSR count). The molecule has 1 amide bonds. The number of rotatable bonds is 4. The Morgan fingerprint density at radius 2 is 1.77 bits per heavy atom.